The summed E-state index contributed by atoms with van der Waals surface area (Å²) in [5.74, 6) is 0.330. The summed E-state index contributed by atoms with van der Waals surface area (Å²) in [5.41, 5.74) is 3.12. The first-order chi connectivity index (χ1) is 12.9. The third kappa shape index (κ3) is 4.38. The van der Waals surface area contributed by atoms with E-state index in [-0.39, 0.29) is 18.4 Å². The smallest absolute Gasteiger partial charge is 0.251 e. The molecule has 0 radical (unpaired) electrons. The molecule has 0 aliphatic carbocycles. The molecule has 0 fully saturated rings. The zero-order chi connectivity index (χ0) is 19.4. The van der Waals surface area contributed by atoms with E-state index in [9.17, 15) is 9.59 Å². The van der Waals surface area contributed by atoms with Crippen LogP contribution in [0.25, 0.3) is 22.9 Å². The Balaban J connectivity index is 1.71. The van der Waals surface area contributed by atoms with Gasteiger partial charge in [0.05, 0.1) is 6.54 Å². The monoisotopic (exact) mass is 364 g/mol. The van der Waals surface area contributed by atoms with E-state index in [1.54, 1.807) is 38.4 Å². The van der Waals surface area contributed by atoms with Gasteiger partial charge >= 0.3 is 0 Å². The number of hydrogen-bond donors (Lipinski definition) is 1. The number of carbonyl (C=O) groups excluding carboxylic acids is 2. The van der Waals surface area contributed by atoms with Gasteiger partial charge in [0.15, 0.2) is 0 Å². The van der Waals surface area contributed by atoms with E-state index in [0.717, 1.165) is 11.1 Å². The second-order valence-electron chi connectivity index (χ2n) is 6.33. The SMILES string of the molecule is Cc1cccc(-c2nnc(-c3ccc(C(=O)NCC(=O)N(C)C)cc3)o2)c1. The number of nitrogens with zero attached hydrogens (tertiary/aromatic N) is 3. The Morgan fingerprint density at radius 1 is 1.00 bits per heavy atom. The standard InChI is InChI=1S/C20H20N4O3/c1-13-5-4-6-16(11-13)20-23-22-19(27-20)15-9-7-14(8-10-15)18(26)21-12-17(25)24(2)3/h4-11H,12H2,1-3H3,(H,21,26). The maximum Gasteiger partial charge on any atom is 0.251 e. The van der Waals surface area contributed by atoms with Gasteiger partial charge in [0.1, 0.15) is 0 Å². The molecular formula is C20H20N4O3. The largest absolute Gasteiger partial charge is 0.416 e. The van der Waals surface area contributed by atoms with E-state index in [4.69, 9.17) is 4.42 Å². The zero-order valence-electron chi connectivity index (χ0n) is 15.4. The minimum absolute atomic E-state index is 0.0445. The molecule has 0 saturated carbocycles. The molecule has 0 bridgehead atoms. The Morgan fingerprint density at radius 2 is 1.67 bits per heavy atom. The highest BCUT2D eigenvalue weighted by molar-refractivity contribution is 5.96. The highest BCUT2D eigenvalue weighted by Crippen LogP contribution is 2.24. The summed E-state index contributed by atoms with van der Waals surface area (Å²) in [4.78, 5) is 25.1. The predicted molar refractivity (Wildman–Crippen MR) is 101 cm³/mol. The van der Waals surface area contributed by atoms with Crippen LogP contribution in [-0.4, -0.2) is 47.6 Å². The van der Waals surface area contributed by atoms with E-state index in [0.29, 0.717) is 22.9 Å². The van der Waals surface area contributed by atoms with Gasteiger partial charge in [0.2, 0.25) is 17.7 Å². The number of rotatable bonds is 5. The highest BCUT2D eigenvalue weighted by atomic mass is 16.4. The lowest BCUT2D eigenvalue weighted by molar-refractivity contribution is -0.127. The minimum atomic E-state index is -0.317. The third-order valence-electron chi connectivity index (χ3n) is 3.98. The molecule has 2 aromatic carbocycles. The number of amides is 2. The summed E-state index contributed by atoms with van der Waals surface area (Å²) in [7, 11) is 3.28. The van der Waals surface area contributed by atoms with Crippen LogP contribution in [0.15, 0.2) is 52.9 Å². The number of hydrogen-bond acceptors (Lipinski definition) is 5. The molecule has 2 amide bonds. The Hall–Kier alpha value is -3.48. The summed E-state index contributed by atoms with van der Waals surface area (Å²) >= 11 is 0. The molecular weight excluding hydrogens is 344 g/mol. The second kappa shape index (κ2) is 7.82. The molecule has 27 heavy (non-hydrogen) atoms. The third-order valence-corrected chi connectivity index (χ3v) is 3.98. The van der Waals surface area contributed by atoms with Gasteiger partial charge in [-0.1, -0.05) is 17.7 Å². The average molecular weight is 364 g/mol. The number of nitrogens with one attached hydrogen (secondary N) is 1. The quantitative estimate of drug-likeness (QED) is 0.752. The molecule has 7 nitrogen and oxygen atoms in total. The van der Waals surface area contributed by atoms with Gasteiger partial charge in [0, 0.05) is 30.8 Å². The fraction of sp³-hybridized carbons (Fsp3) is 0.200. The van der Waals surface area contributed by atoms with Gasteiger partial charge in [-0.15, -0.1) is 10.2 Å². The summed E-state index contributed by atoms with van der Waals surface area (Å²) in [6.45, 7) is 1.95. The summed E-state index contributed by atoms with van der Waals surface area (Å²) in [6.07, 6.45) is 0. The Morgan fingerprint density at radius 3 is 2.30 bits per heavy atom. The first-order valence-electron chi connectivity index (χ1n) is 8.43. The van der Waals surface area contributed by atoms with Crippen molar-refractivity contribution in [3.8, 4) is 22.9 Å². The second-order valence-corrected chi connectivity index (χ2v) is 6.33. The van der Waals surface area contributed by atoms with Crippen molar-refractivity contribution < 1.29 is 14.0 Å². The Labute approximate surface area is 157 Å². The van der Waals surface area contributed by atoms with E-state index in [1.165, 1.54) is 4.90 Å². The van der Waals surface area contributed by atoms with Crippen molar-refractivity contribution in [3.05, 3.63) is 59.7 Å². The first-order valence-corrected chi connectivity index (χ1v) is 8.43. The van der Waals surface area contributed by atoms with Crippen LogP contribution in [0.1, 0.15) is 15.9 Å². The Bertz CT molecular complexity index is 961. The van der Waals surface area contributed by atoms with Crippen molar-refractivity contribution in [3.63, 3.8) is 0 Å². The van der Waals surface area contributed by atoms with Crippen molar-refractivity contribution in [2.45, 2.75) is 6.92 Å². The van der Waals surface area contributed by atoms with Crippen molar-refractivity contribution in [2.24, 2.45) is 0 Å². The van der Waals surface area contributed by atoms with Gasteiger partial charge in [-0.25, -0.2) is 0 Å². The van der Waals surface area contributed by atoms with Crippen LogP contribution >= 0.6 is 0 Å². The Kier molecular flexibility index (Phi) is 5.30. The molecule has 1 N–H and O–H groups in total. The van der Waals surface area contributed by atoms with Crippen molar-refractivity contribution in [1.82, 2.24) is 20.4 Å². The molecule has 138 valence electrons. The first kappa shape index (κ1) is 18.3. The van der Waals surface area contributed by atoms with Crippen LogP contribution in [0.4, 0.5) is 0 Å². The van der Waals surface area contributed by atoms with E-state index < -0.39 is 0 Å². The number of aromatic nitrogens is 2. The van der Waals surface area contributed by atoms with Gasteiger partial charge < -0.3 is 14.6 Å². The van der Waals surface area contributed by atoms with Crippen LogP contribution in [0.5, 0.6) is 0 Å². The molecule has 0 aliphatic heterocycles. The average Bonchev–Trinajstić information content (AvgIpc) is 3.16. The van der Waals surface area contributed by atoms with Crippen LogP contribution in [-0.2, 0) is 4.79 Å². The summed E-state index contributed by atoms with van der Waals surface area (Å²) in [5, 5.41) is 10.8. The fourth-order valence-corrected chi connectivity index (χ4v) is 2.41. The lowest BCUT2D eigenvalue weighted by Crippen LogP contribution is -2.36. The van der Waals surface area contributed by atoms with Crippen LogP contribution in [0.3, 0.4) is 0 Å². The molecule has 0 atom stereocenters. The molecule has 0 unspecified atom stereocenters. The van der Waals surface area contributed by atoms with E-state index in [2.05, 4.69) is 15.5 Å². The van der Waals surface area contributed by atoms with Crippen LogP contribution < -0.4 is 5.32 Å². The maximum absolute atomic E-state index is 12.1. The molecule has 0 saturated heterocycles. The summed E-state index contributed by atoms with van der Waals surface area (Å²) in [6, 6.07) is 14.6. The molecule has 1 heterocycles. The molecule has 3 rings (SSSR count). The normalized spacial score (nSPS) is 10.5. The zero-order valence-corrected chi connectivity index (χ0v) is 15.4. The number of carbonyl (C=O) groups is 2. The van der Waals surface area contributed by atoms with Gasteiger partial charge in [-0.3, -0.25) is 9.59 Å². The molecule has 0 spiro atoms. The van der Waals surface area contributed by atoms with Gasteiger partial charge in [-0.2, -0.15) is 0 Å². The van der Waals surface area contributed by atoms with Gasteiger partial charge in [0.25, 0.3) is 5.91 Å². The van der Waals surface area contributed by atoms with Crippen LogP contribution in [0.2, 0.25) is 0 Å². The number of benzene rings is 2. The molecule has 7 heteroatoms. The number of aryl methyl sites for hydroxylation is 1. The minimum Gasteiger partial charge on any atom is -0.416 e. The molecule has 3 aromatic rings. The van der Waals surface area contributed by atoms with Crippen molar-refractivity contribution >= 4 is 11.8 Å². The predicted octanol–water partition coefficient (Wildman–Crippen LogP) is 2.53. The van der Waals surface area contributed by atoms with Crippen LogP contribution in [0, 0.1) is 6.92 Å². The molecule has 0 aliphatic rings. The fourth-order valence-electron chi connectivity index (χ4n) is 2.41. The lowest BCUT2D eigenvalue weighted by Gasteiger charge is -2.10. The van der Waals surface area contributed by atoms with Crippen molar-refractivity contribution in [1.29, 1.82) is 0 Å². The van der Waals surface area contributed by atoms with E-state index >= 15 is 0 Å². The van der Waals surface area contributed by atoms with E-state index in [1.807, 2.05) is 31.2 Å². The summed E-state index contributed by atoms with van der Waals surface area (Å²) < 4.78 is 5.74. The van der Waals surface area contributed by atoms with Crippen molar-refractivity contribution in [2.75, 3.05) is 20.6 Å². The maximum atomic E-state index is 12.1. The highest BCUT2D eigenvalue weighted by Gasteiger charge is 2.13. The lowest BCUT2D eigenvalue weighted by atomic mass is 10.1. The number of likely N-dealkylation sites (N-methyl/N-ethyl adjacent to an activating group) is 1. The molecule has 1 aromatic heterocycles. The topological polar surface area (TPSA) is 88.3 Å². The van der Waals surface area contributed by atoms with Gasteiger partial charge in [-0.05, 0) is 43.3 Å².